The van der Waals surface area contributed by atoms with Gasteiger partial charge in [0.15, 0.2) is 0 Å². The number of nitrogens with one attached hydrogen (secondary N) is 2. The Balaban J connectivity index is 1.87. The van der Waals surface area contributed by atoms with Crippen LogP contribution in [0.2, 0.25) is 0 Å². The molecule has 41 heavy (non-hydrogen) atoms. The zero-order valence-electron chi connectivity index (χ0n) is 23.7. The SMILES string of the molecule is CCOP(=O)(OCC)C(C)(C)c1ccc(Nc2ncc(C(F)(F)F)c(NCc3cccnc3N(C)S(C)=O)n2)cc1. The first-order chi connectivity index (χ1) is 19.2. The molecule has 0 bridgehead atoms. The van der Waals surface area contributed by atoms with Gasteiger partial charge in [-0.1, -0.05) is 18.2 Å². The molecule has 3 rings (SSSR count). The average Bonchev–Trinajstić information content (AvgIpc) is 2.91. The second-order valence-corrected chi connectivity index (χ2v) is 13.3. The Morgan fingerprint density at radius 1 is 1.05 bits per heavy atom. The Hall–Kier alpha value is -3.06. The fourth-order valence-corrected chi connectivity index (χ4v) is 6.16. The van der Waals surface area contributed by atoms with Crippen LogP contribution in [0.15, 0.2) is 48.8 Å². The number of hydrogen-bond acceptors (Lipinski definition) is 9. The summed E-state index contributed by atoms with van der Waals surface area (Å²) >= 11 is 0. The molecule has 1 atom stereocenters. The summed E-state index contributed by atoms with van der Waals surface area (Å²) in [4.78, 5) is 12.2. The molecule has 1 unspecified atom stereocenters. The van der Waals surface area contributed by atoms with Gasteiger partial charge in [-0.2, -0.15) is 18.2 Å². The largest absolute Gasteiger partial charge is 0.421 e. The molecule has 2 N–H and O–H groups in total. The number of nitrogens with zero attached hydrogens (tertiary/aromatic N) is 4. The molecular formula is C26H34F3N6O4PS. The highest BCUT2D eigenvalue weighted by atomic mass is 32.2. The lowest BCUT2D eigenvalue weighted by atomic mass is 10.0. The summed E-state index contributed by atoms with van der Waals surface area (Å²) in [5.74, 6) is -0.139. The summed E-state index contributed by atoms with van der Waals surface area (Å²) in [5.41, 5.74) is 0.676. The molecule has 0 aliphatic rings. The molecular weight excluding hydrogens is 580 g/mol. The van der Waals surface area contributed by atoms with Gasteiger partial charge in [0, 0.05) is 43.5 Å². The Labute approximate surface area is 240 Å². The first-order valence-electron chi connectivity index (χ1n) is 12.7. The Morgan fingerprint density at radius 3 is 2.24 bits per heavy atom. The van der Waals surface area contributed by atoms with Crippen LogP contribution in [-0.4, -0.2) is 45.7 Å². The van der Waals surface area contributed by atoms with E-state index in [2.05, 4.69) is 25.6 Å². The van der Waals surface area contributed by atoms with Crippen LogP contribution >= 0.6 is 7.60 Å². The third-order valence-corrected chi connectivity index (χ3v) is 9.99. The maximum absolute atomic E-state index is 13.8. The molecule has 0 aliphatic heterocycles. The molecule has 0 spiro atoms. The number of rotatable bonds is 13. The maximum atomic E-state index is 13.8. The van der Waals surface area contributed by atoms with Crippen LogP contribution < -0.4 is 14.9 Å². The van der Waals surface area contributed by atoms with Gasteiger partial charge in [-0.3, -0.25) is 8.87 Å². The highest BCUT2D eigenvalue weighted by Crippen LogP contribution is 2.64. The minimum atomic E-state index is -4.71. The first kappa shape index (κ1) is 32.5. The molecule has 0 saturated heterocycles. The summed E-state index contributed by atoms with van der Waals surface area (Å²) < 4.78 is 79.1. The van der Waals surface area contributed by atoms with E-state index in [1.807, 2.05) is 0 Å². The molecule has 0 aliphatic carbocycles. The second kappa shape index (κ2) is 13.3. The van der Waals surface area contributed by atoms with E-state index in [0.29, 0.717) is 28.8 Å². The van der Waals surface area contributed by atoms with Crippen molar-refractivity contribution in [3.8, 4) is 0 Å². The van der Waals surface area contributed by atoms with Crippen molar-refractivity contribution in [2.24, 2.45) is 0 Å². The van der Waals surface area contributed by atoms with E-state index in [1.54, 1.807) is 71.1 Å². The van der Waals surface area contributed by atoms with Crippen LogP contribution in [0.5, 0.6) is 0 Å². The van der Waals surface area contributed by atoms with Crippen LogP contribution in [0, 0.1) is 0 Å². The predicted molar refractivity (Wildman–Crippen MR) is 155 cm³/mol. The van der Waals surface area contributed by atoms with Crippen LogP contribution in [0.25, 0.3) is 0 Å². The summed E-state index contributed by atoms with van der Waals surface area (Å²) in [5, 5.41) is 4.69. The average molecular weight is 615 g/mol. The summed E-state index contributed by atoms with van der Waals surface area (Å²) in [6.45, 7) is 7.39. The Bertz CT molecular complexity index is 1400. The van der Waals surface area contributed by atoms with E-state index in [-0.39, 0.29) is 25.7 Å². The zero-order valence-corrected chi connectivity index (χ0v) is 25.4. The van der Waals surface area contributed by atoms with Crippen LogP contribution in [-0.2, 0) is 42.5 Å². The monoisotopic (exact) mass is 614 g/mol. The third kappa shape index (κ3) is 7.62. The van der Waals surface area contributed by atoms with E-state index >= 15 is 0 Å². The normalized spacial score (nSPS) is 13.1. The molecule has 0 amide bonds. The fourth-order valence-electron chi connectivity index (χ4n) is 3.89. The maximum Gasteiger partial charge on any atom is 0.421 e. The lowest BCUT2D eigenvalue weighted by Gasteiger charge is -2.33. The van der Waals surface area contributed by atoms with Crippen molar-refractivity contribution >= 4 is 41.9 Å². The number of aromatic nitrogens is 3. The molecule has 15 heteroatoms. The molecule has 10 nitrogen and oxygen atoms in total. The fraction of sp³-hybridized carbons (Fsp3) is 0.423. The Morgan fingerprint density at radius 2 is 1.68 bits per heavy atom. The van der Waals surface area contributed by atoms with Gasteiger partial charge in [-0.05, 0) is 51.5 Å². The van der Waals surface area contributed by atoms with E-state index in [0.717, 1.165) is 0 Å². The van der Waals surface area contributed by atoms with Gasteiger partial charge in [0.25, 0.3) is 0 Å². The second-order valence-electron chi connectivity index (χ2n) is 9.31. The zero-order chi connectivity index (χ0) is 30.4. The van der Waals surface area contributed by atoms with Gasteiger partial charge in [0.2, 0.25) is 5.95 Å². The summed E-state index contributed by atoms with van der Waals surface area (Å²) in [6, 6.07) is 10.1. The molecule has 224 valence electrons. The lowest BCUT2D eigenvalue weighted by molar-refractivity contribution is -0.137. The van der Waals surface area contributed by atoms with Crippen molar-refractivity contribution in [2.75, 3.05) is 41.5 Å². The van der Waals surface area contributed by atoms with Gasteiger partial charge in [-0.25, -0.2) is 14.2 Å². The van der Waals surface area contributed by atoms with Gasteiger partial charge in [0.1, 0.15) is 28.2 Å². The summed E-state index contributed by atoms with van der Waals surface area (Å²) in [7, 11) is -3.29. The highest BCUT2D eigenvalue weighted by molar-refractivity contribution is 7.85. The number of alkyl halides is 3. The van der Waals surface area contributed by atoms with Crippen molar-refractivity contribution in [1.29, 1.82) is 0 Å². The van der Waals surface area contributed by atoms with Crippen molar-refractivity contribution in [1.82, 2.24) is 15.0 Å². The number of hydrogen-bond donors (Lipinski definition) is 2. The molecule has 2 aromatic heterocycles. The van der Waals surface area contributed by atoms with Gasteiger partial charge in [0.05, 0.1) is 18.4 Å². The molecule has 0 fully saturated rings. The number of pyridine rings is 1. The molecule has 3 aromatic rings. The summed E-state index contributed by atoms with van der Waals surface area (Å²) in [6.07, 6.45) is -1.02. The Kier molecular flexibility index (Phi) is 10.5. The molecule has 1 aromatic carbocycles. The van der Waals surface area contributed by atoms with Crippen LogP contribution in [0.4, 0.5) is 36.4 Å². The third-order valence-electron chi connectivity index (χ3n) is 6.22. The van der Waals surface area contributed by atoms with E-state index in [9.17, 15) is 21.9 Å². The first-order valence-corrected chi connectivity index (χ1v) is 15.7. The van der Waals surface area contributed by atoms with E-state index < -0.39 is 41.3 Å². The minimum absolute atomic E-state index is 0.0618. The van der Waals surface area contributed by atoms with Gasteiger partial charge >= 0.3 is 13.8 Å². The number of anilines is 4. The van der Waals surface area contributed by atoms with Crippen molar-refractivity contribution in [3.05, 3.63) is 65.5 Å². The van der Waals surface area contributed by atoms with Gasteiger partial charge in [-0.15, -0.1) is 0 Å². The van der Waals surface area contributed by atoms with E-state index in [4.69, 9.17) is 9.05 Å². The lowest BCUT2D eigenvalue weighted by Crippen LogP contribution is -2.22. The van der Waals surface area contributed by atoms with Crippen molar-refractivity contribution in [2.45, 2.75) is 45.6 Å². The topological polar surface area (TPSA) is 119 Å². The predicted octanol–water partition coefficient (Wildman–Crippen LogP) is 6.48. The van der Waals surface area contributed by atoms with Crippen molar-refractivity contribution in [3.63, 3.8) is 0 Å². The van der Waals surface area contributed by atoms with Crippen LogP contribution in [0.3, 0.4) is 0 Å². The molecule has 0 saturated carbocycles. The van der Waals surface area contributed by atoms with Gasteiger partial charge < -0.3 is 19.7 Å². The quantitative estimate of drug-likeness (QED) is 0.209. The minimum Gasteiger partial charge on any atom is -0.365 e. The van der Waals surface area contributed by atoms with E-state index in [1.165, 1.54) is 16.8 Å². The smallest absolute Gasteiger partial charge is 0.365 e. The number of benzene rings is 1. The molecule has 2 heterocycles. The molecule has 0 radical (unpaired) electrons. The van der Waals surface area contributed by atoms with Crippen molar-refractivity contribution < 1.29 is 31.0 Å². The number of halogens is 3. The standard InChI is InChI=1S/C26H34F3N6O4PS/c1-7-38-40(36,39-8-2)25(3,4)19-11-13-20(14-12-19)33-24-32-17-21(26(27,28)29)22(34-24)31-16-18-10-9-15-30-23(18)35(5)41(6)37/h9-15,17H,7-8,16H2,1-6H3,(H2,31,32,33,34). The van der Waals surface area contributed by atoms with Crippen LogP contribution in [0.1, 0.15) is 44.4 Å². The highest BCUT2D eigenvalue weighted by Gasteiger charge is 2.44.